The Morgan fingerprint density at radius 3 is 2.94 bits per heavy atom. The minimum Gasteiger partial charge on any atom is -0.486 e. The topological polar surface area (TPSA) is 21.3 Å². The van der Waals surface area contributed by atoms with Crippen molar-refractivity contribution in [3.8, 4) is 5.75 Å². The second-order valence-electron chi connectivity index (χ2n) is 6.07. The maximum Gasteiger partial charge on any atom is 0.137 e. The standard InChI is InChI=1S/C15H20BrNO/c1-15(2)8-12-6-11(7-13(16)14(12)18-15)10-4-3-5-17-9-10/h6-7,10,17H,3-5,8-9H2,1-2H3. The van der Waals surface area contributed by atoms with Crippen LogP contribution in [0.15, 0.2) is 16.6 Å². The molecule has 1 N–H and O–H groups in total. The molecular weight excluding hydrogens is 290 g/mol. The minimum absolute atomic E-state index is 0.0612. The summed E-state index contributed by atoms with van der Waals surface area (Å²) < 4.78 is 7.12. The fourth-order valence-corrected chi connectivity index (χ4v) is 3.66. The summed E-state index contributed by atoms with van der Waals surface area (Å²) in [5.74, 6) is 1.71. The van der Waals surface area contributed by atoms with Crippen molar-refractivity contribution in [1.82, 2.24) is 5.32 Å². The third-order valence-corrected chi connectivity index (χ3v) is 4.49. The molecule has 1 aromatic carbocycles. The molecule has 2 heterocycles. The van der Waals surface area contributed by atoms with Gasteiger partial charge in [0.2, 0.25) is 0 Å². The first-order valence-corrected chi connectivity index (χ1v) is 7.56. The summed E-state index contributed by atoms with van der Waals surface area (Å²) in [6.07, 6.45) is 3.58. The van der Waals surface area contributed by atoms with Crippen LogP contribution in [0.1, 0.15) is 43.7 Å². The van der Waals surface area contributed by atoms with Crippen LogP contribution in [0.5, 0.6) is 5.75 Å². The van der Waals surface area contributed by atoms with E-state index in [1.807, 2.05) is 0 Å². The molecule has 98 valence electrons. The van der Waals surface area contributed by atoms with Crippen LogP contribution in [-0.4, -0.2) is 18.7 Å². The van der Waals surface area contributed by atoms with Gasteiger partial charge in [-0.1, -0.05) is 6.07 Å². The van der Waals surface area contributed by atoms with Crippen molar-refractivity contribution in [2.24, 2.45) is 0 Å². The molecule has 1 atom stereocenters. The third kappa shape index (κ3) is 2.30. The number of piperidine rings is 1. The average molecular weight is 310 g/mol. The van der Waals surface area contributed by atoms with Crippen molar-refractivity contribution in [2.75, 3.05) is 13.1 Å². The van der Waals surface area contributed by atoms with Crippen molar-refractivity contribution in [3.05, 3.63) is 27.7 Å². The molecule has 1 unspecified atom stereocenters. The molecule has 1 saturated heterocycles. The van der Waals surface area contributed by atoms with E-state index in [4.69, 9.17) is 4.74 Å². The van der Waals surface area contributed by atoms with Crippen LogP contribution < -0.4 is 10.1 Å². The first-order valence-electron chi connectivity index (χ1n) is 6.77. The smallest absolute Gasteiger partial charge is 0.137 e. The molecular formula is C15H20BrNO. The summed E-state index contributed by atoms with van der Waals surface area (Å²) in [6.45, 7) is 6.58. The third-order valence-electron chi connectivity index (χ3n) is 3.91. The summed E-state index contributed by atoms with van der Waals surface area (Å²) >= 11 is 3.67. The first-order chi connectivity index (χ1) is 8.55. The second-order valence-corrected chi connectivity index (χ2v) is 6.93. The molecule has 0 radical (unpaired) electrons. The van der Waals surface area contributed by atoms with E-state index in [1.54, 1.807) is 0 Å². The monoisotopic (exact) mass is 309 g/mol. The highest BCUT2D eigenvalue weighted by atomic mass is 79.9. The van der Waals surface area contributed by atoms with Gasteiger partial charge in [0.15, 0.2) is 0 Å². The lowest BCUT2D eigenvalue weighted by molar-refractivity contribution is 0.137. The Kier molecular flexibility index (Phi) is 3.15. The Morgan fingerprint density at radius 1 is 1.39 bits per heavy atom. The van der Waals surface area contributed by atoms with Crippen molar-refractivity contribution in [2.45, 2.75) is 44.6 Å². The fourth-order valence-electron chi connectivity index (χ4n) is 3.06. The van der Waals surface area contributed by atoms with Crippen LogP contribution in [0.4, 0.5) is 0 Å². The number of halogens is 1. The Balaban J connectivity index is 1.93. The zero-order chi connectivity index (χ0) is 12.8. The predicted octanol–water partition coefficient (Wildman–Crippen LogP) is 3.63. The van der Waals surface area contributed by atoms with E-state index < -0.39 is 0 Å². The number of hydrogen-bond donors (Lipinski definition) is 1. The molecule has 0 bridgehead atoms. The first kappa shape index (κ1) is 12.5. The predicted molar refractivity (Wildman–Crippen MR) is 77.4 cm³/mol. The fraction of sp³-hybridized carbons (Fsp3) is 0.600. The molecule has 3 heteroatoms. The number of nitrogens with one attached hydrogen (secondary N) is 1. The number of ether oxygens (including phenoxy) is 1. The summed E-state index contributed by atoms with van der Waals surface area (Å²) in [5, 5.41) is 3.49. The quantitative estimate of drug-likeness (QED) is 0.855. The largest absolute Gasteiger partial charge is 0.486 e. The molecule has 0 aliphatic carbocycles. The molecule has 0 spiro atoms. The number of fused-ring (bicyclic) bond motifs is 1. The SMILES string of the molecule is CC1(C)Cc2cc(C3CCCNC3)cc(Br)c2O1. The van der Waals surface area contributed by atoms with Gasteiger partial charge < -0.3 is 10.1 Å². The Hall–Kier alpha value is -0.540. The zero-order valence-electron chi connectivity index (χ0n) is 11.1. The van der Waals surface area contributed by atoms with Gasteiger partial charge in [0.1, 0.15) is 11.4 Å². The van der Waals surface area contributed by atoms with Crippen LogP contribution in [0, 0.1) is 0 Å². The normalized spacial score (nSPS) is 25.6. The minimum atomic E-state index is -0.0612. The van der Waals surface area contributed by atoms with Crippen LogP contribution in [0.25, 0.3) is 0 Å². The van der Waals surface area contributed by atoms with Crippen molar-refractivity contribution < 1.29 is 4.74 Å². The van der Waals surface area contributed by atoms with Gasteiger partial charge in [-0.05, 0) is 72.3 Å². The summed E-state index contributed by atoms with van der Waals surface area (Å²) in [6, 6.07) is 4.60. The van der Waals surface area contributed by atoms with Gasteiger partial charge in [0.25, 0.3) is 0 Å². The van der Waals surface area contributed by atoms with Gasteiger partial charge in [-0.2, -0.15) is 0 Å². The van der Waals surface area contributed by atoms with Crippen LogP contribution in [-0.2, 0) is 6.42 Å². The van der Waals surface area contributed by atoms with Crippen molar-refractivity contribution in [3.63, 3.8) is 0 Å². The van der Waals surface area contributed by atoms with Gasteiger partial charge >= 0.3 is 0 Å². The van der Waals surface area contributed by atoms with Crippen LogP contribution >= 0.6 is 15.9 Å². The Labute approximate surface area is 117 Å². The summed E-state index contributed by atoms with van der Waals surface area (Å²) in [4.78, 5) is 0. The number of rotatable bonds is 1. The number of benzene rings is 1. The molecule has 0 amide bonds. The van der Waals surface area contributed by atoms with Gasteiger partial charge in [0, 0.05) is 13.0 Å². The second kappa shape index (κ2) is 4.53. The lowest BCUT2D eigenvalue weighted by Crippen LogP contribution is -2.28. The van der Waals surface area contributed by atoms with E-state index in [9.17, 15) is 0 Å². The highest BCUT2D eigenvalue weighted by Crippen LogP contribution is 2.42. The molecule has 1 fully saturated rings. The molecule has 3 rings (SSSR count). The average Bonchev–Trinajstić information content (AvgIpc) is 2.65. The summed E-state index contributed by atoms with van der Waals surface area (Å²) in [7, 11) is 0. The zero-order valence-corrected chi connectivity index (χ0v) is 12.6. The Bertz CT molecular complexity index is 464. The van der Waals surface area contributed by atoms with Gasteiger partial charge in [0.05, 0.1) is 4.47 Å². The van der Waals surface area contributed by atoms with E-state index in [-0.39, 0.29) is 5.60 Å². The van der Waals surface area contributed by atoms with E-state index in [0.717, 1.165) is 23.2 Å². The van der Waals surface area contributed by atoms with Gasteiger partial charge in [-0.15, -0.1) is 0 Å². The highest BCUT2D eigenvalue weighted by molar-refractivity contribution is 9.10. The van der Waals surface area contributed by atoms with Crippen LogP contribution in [0.3, 0.4) is 0 Å². The molecule has 18 heavy (non-hydrogen) atoms. The molecule has 0 saturated carbocycles. The summed E-state index contributed by atoms with van der Waals surface area (Å²) in [5.41, 5.74) is 2.75. The molecule has 2 aliphatic heterocycles. The Morgan fingerprint density at radius 2 is 2.22 bits per heavy atom. The van der Waals surface area contributed by atoms with Crippen molar-refractivity contribution >= 4 is 15.9 Å². The van der Waals surface area contributed by atoms with E-state index in [2.05, 4.69) is 47.2 Å². The van der Waals surface area contributed by atoms with Crippen molar-refractivity contribution in [1.29, 1.82) is 0 Å². The molecule has 2 aliphatic rings. The maximum atomic E-state index is 6.00. The molecule has 0 aromatic heterocycles. The van der Waals surface area contributed by atoms with Crippen LogP contribution in [0.2, 0.25) is 0 Å². The van der Waals surface area contributed by atoms with E-state index in [1.165, 1.54) is 30.5 Å². The van der Waals surface area contributed by atoms with E-state index in [0.29, 0.717) is 5.92 Å². The maximum absolute atomic E-state index is 6.00. The van der Waals surface area contributed by atoms with Gasteiger partial charge in [-0.25, -0.2) is 0 Å². The lowest BCUT2D eigenvalue weighted by Gasteiger charge is -2.23. The molecule has 1 aromatic rings. The lowest BCUT2D eigenvalue weighted by atomic mass is 9.89. The number of hydrogen-bond acceptors (Lipinski definition) is 2. The van der Waals surface area contributed by atoms with E-state index >= 15 is 0 Å². The van der Waals surface area contributed by atoms with Gasteiger partial charge in [-0.3, -0.25) is 0 Å². The molecule has 2 nitrogen and oxygen atoms in total. The highest BCUT2D eigenvalue weighted by Gasteiger charge is 2.32.